The van der Waals surface area contributed by atoms with Gasteiger partial charge in [0.2, 0.25) is 0 Å². The summed E-state index contributed by atoms with van der Waals surface area (Å²) in [5, 5.41) is 0. The van der Waals surface area contributed by atoms with Crippen LogP contribution in [0.4, 0.5) is 0 Å². The Morgan fingerprint density at radius 1 is 1.15 bits per heavy atom. The van der Waals surface area contributed by atoms with E-state index in [2.05, 4.69) is 50.9 Å². The normalized spacial score (nSPS) is 15.5. The molecule has 0 amide bonds. The zero-order valence-electron chi connectivity index (χ0n) is 9.68. The summed E-state index contributed by atoms with van der Waals surface area (Å²) in [5.74, 6) is 0. The number of aliphatic imine (C=N–C) groups is 1. The van der Waals surface area contributed by atoms with Crippen LogP contribution >= 0.6 is 0 Å². The third kappa shape index (κ3) is 4.66. The van der Waals surface area contributed by atoms with Crippen molar-refractivity contribution in [2.45, 2.75) is 34.6 Å². The Bertz CT molecular complexity index is 236. The molecule has 0 saturated heterocycles. The summed E-state index contributed by atoms with van der Waals surface area (Å²) >= 11 is 0. The van der Waals surface area contributed by atoms with Crippen molar-refractivity contribution in [3.63, 3.8) is 0 Å². The third-order valence-corrected chi connectivity index (χ3v) is 1.97. The first-order chi connectivity index (χ1) is 5.91. The van der Waals surface area contributed by atoms with E-state index in [0.717, 1.165) is 5.71 Å². The van der Waals surface area contributed by atoms with E-state index in [1.54, 1.807) is 0 Å². The maximum absolute atomic E-state index is 4.27. The van der Waals surface area contributed by atoms with Gasteiger partial charge < -0.3 is 0 Å². The first kappa shape index (κ1) is 12.2. The van der Waals surface area contributed by atoms with Crippen LogP contribution in [-0.4, -0.2) is 12.8 Å². The number of rotatable bonds is 2. The molecule has 0 atom stereocenters. The molecular weight excluding hydrogens is 158 g/mol. The van der Waals surface area contributed by atoms with Crippen molar-refractivity contribution in [3.05, 3.63) is 23.8 Å². The molecule has 0 rings (SSSR count). The van der Waals surface area contributed by atoms with Crippen LogP contribution in [0.2, 0.25) is 0 Å². The van der Waals surface area contributed by atoms with Crippen molar-refractivity contribution in [2.75, 3.05) is 7.05 Å². The molecule has 0 fully saturated rings. The van der Waals surface area contributed by atoms with E-state index < -0.39 is 0 Å². The smallest absolute Gasteiger partial charge is 0.0398 e. The Labute approximate surface area is 82.3 Å². The van der Waals surface area contributed by atoms with Gasteiger partial charge in [-0.2, -0.15) is 0 Å². The predicted octanol–water partition coefficient (Wildman–Crippen LogP) is 3.63. The molecule has 0 aromatic carbocycles. The summed E-state index contributed by atoms with van der Waals surface area (Å²) in [5.41, 5.74) is 2.54. The van der Waals surface area contributed by atoms with E-state index in [0.29, 0.717) is 0 Å². The fourth-order valence-electron chi connectivity index (χ4n) is 0.967. The standard InChI is InChI=1S/C12H21N/c1-7-10(2)8-9-11(13-6)12(3,4)5/h7-9H,1-6H3/b9-8-,10-7-,13-11-. The lowest BCUT2D eigenvalue weighted by Gasteiger charge is -2.18. The average molecular weight is 179 g/mol. The van der Waals surface area contributed by atoms with Crippen molar-refractivity contribution in [1.82, 2.24) is 0 Å². The third-order valence-electron chi connectivity index (χ3n) is 1.97. The Balaban J connectivity index is 4.60. The van der Waals surface area contributed by atoms with Gasteiger partial charge in [0, 0.05) is 18.2 Å². The molecule has 1 heteroatoms. The molecule has 0 bridgehead atoms. The van der Waals surface area contributed by atoms with Gasteiger partial charge in [0.15, 0.2) is 0 Å². The van der Waals surface area contributed by atoms with Gasteiger partial charge in [-0.3, -0.25) is 4.99 Å². The topological polar surface area (TPSA) is 12.4 Å². The van der Waals surface area contributed by atoms with Crippen LogP contribution in [0, 0.1) is 5.41 Å². The zero-order valence-corrected chi connectivity index (χ0v) is 9.68. The Morgan fingerprint density at radius 3 is 2.00 bits per heavy atom. The molecular formula is C12H21N. The maximum Gasteiger partial charge on any atom is 0.0398 e. The molecule has 0 spiro atoms. The van der Waals surface area contributed by atoms with Crippen molar-refractivity contribution >= 4 is 5.71 Å². The summed E-state index contributed by atoms with van der Waals surface area (Å²) in [6.45, 7) is 10.6. The molecule has 0 saturated carbocycles. The molecule has 0 aromatic rings. The molecule has 0 unspecified atom stereocenters. The Kier molecular flexibility index (Phi) is 4.68. The molecule has 0 aliphatic heterocycles. The van der Waals surface area contributed by atoms with E-state index >= 15 is 0 Å². The summed E-state index contributed by atoms with van der Waals surface area (Å²) < 4.78 is 0. The largest absolute Gasteiger partial charge is 0.293 e. The molecule has 0 radical (unpaired) electrons. The van der Waals surface area contributed by atoms with Crippen molar-refractivity contribution < 1.29 is 0 Å². The molecule has 13 heavy (non-hydrogen) atoms. The zero-order chi connectivity index (χ0) is 10.5. The van der Waals surface area contributed by atoms with E-state index in [4.69, 9.17) is 0 Å². The molecule has 0 aliphatic rings. The van der Waals surface area contributed by atoms with E-state index in [9.17, 15) is 0 Å². The molecule has 0 heterocycles. The van der Waals surface area contributed by atoms with E-state index in [1.807, 2.05) is 14.0 Å². The van der Waals surface area contributed by atoms with Crippen LogP contribution in [0.5, 0.6) is 0 Å². The van der Waals surface area contributed by atoms with Gasteiger partial charge in [0.05, 0.1) is 0 Å². The van der Waals surface area contributed by atoms with Crippen LogP contribution < -0.4 is 0 Å². The lowest BCUT2D eigenvalue weighted by molar-refractivity contribution is 0.593. The first-order valence-corrected chi connectivity index (χ1v) is 4.70. The highest BCUT2D eigenvalue weighted by atomic mass is 14.7. The van der Waals surface area contributed by atoms with Crippen LogP contribution in [0.25, 0.3) is 0 Å². The highest BCUT2D eigenvalue weighted by molar-refractivity contribution is 5.99. The van der Waals surface area contributed by atoms with Crippen LogP contribution in [0.1, 0.15) is 34.6 Å². The molecule has 0 aliphatic carbocycles. The molecule has 0 aromatic heterocycles. The summed E-state index contributed by atoms with van der Waals surface area (Å²) in [6.07, 6.45) is 6.29. The summed E-state index contributed by atoms with van der Waals surface area (Å²) in [6, 6.07) is 0. The fraction of sp³-hybridized carbons (Fsp3) is 0.583. The monoisotopic (exact) mass is 179 g/mol. The van der Waals surface area contributed by atoms with Gasteiger partial charge in [-0.1, -0.05) is 38.5 Å². The SMILES string of the molecule is C\C=C(C)/C=C\C(=N\C)C(C)(C)C. The van der Waals surface area contributed by atoms with E-state index in [1.165, 1.54) is 5.57 Å². The fourth-order valence-corrected chi connectivity index (χ4v) is 0.967. The van der Waals surface area contributed by atoms with E-state index in [-0.39, 0.29) is 5.41 Å². The average Bonchev–Trinajstić information content (AvgIpc) is 2.02. The number of allylic oxidation sites excluding steroid dienone is 4. The molecule has 74 valence electrons. The minimum Gasteiger partial charge on any atom is -0.293 e. The van der Waals surface area contributed by atoms with Crippen LogP contribution in [-0.2, 0) is 0 Å². The van der Waals surface area contributed by atoms with Gasteiger partial charge in [-0.25, -0.2) is 0 Å². The van der Waals surface area contributed by atoms with Gasteiger partial charge in [-0.15, -0.1) is 0 Å². The first-order valence-electron chi connectivity index (χ1n) is 4.70. The highest BCUT2D eigenvalue weighted by Crippen LogP contribution is 2.17. The van der Waals surface area contributed by atoms with Gasteiger partial charge in [0.1, 0.15) is 0 Å². The Morgan fingerprint density at radius 2 is 1.69 bits per heavy atom. The second kappa shape index (κ2) is 5.00. The quantitative estimate of drug-likeness (QED) is 0.453. The number of hydrogen-bond donors (Lipinski definition) is 0. The Hall–Kier alpha value is -0.850. The number of nitrogens with zero attached hydrogens (tertiary/aromatic N) is 1. The second-order valence-corrected chi connectivity index (χ2v) is 4.22. The predicted molar refractivity (Wildman–Crippen MR) is 61.4 cm³/mol. The minimum absolute atomic E-state index is 0.138. The van der Waals surface area contributed by atoms with Gasteiger partial charge in [-0.05, 0) is 19.9 Å². The van der Waals surface area contributed by atoms with Gasteiger partial charge >= 0.3 is 0 Å². The summed E-state index contributed by atoms with van der Waals surface area (Å²) in [7, 11) is 1.84. The second-order valence-electron chi connectivity index (χ2n) is 4.22. The lowest BCUT2D eigenvalue weighted by atomic mass is 9.89. The maximum atomic E-state index is 4.27. The van der Waals surface area contributed by atoms with Crippen molar-refractivity contribution in [3.8, 4) is 0 Å². The van der Waals surface area contributed by atoms with Crippen molar-refractivity contribution in [2.24, 2.45) is 10.4 Å². The van der Waals surface area contributed by atoms with Crippen LogP contribution in [0.3, 0.4) is 0 Å². The molecule has 0 N–H and O–H groups in total. The highest BCUT2D eigenvalue weighted by Gasteiger charge is 2.14. The minimum atomic E-state index is 0.138. The van der Waals surface area contributed by atoms with Gasteiger partial charge in [0.25, 0.3) is 0 Å². The van der Waals surface area contributed by atoms with Crippen molar-refractivity contribution in [1.29, 1.82) is 0 Å². The lowest BCUT2D eigenvalue weighted by Crippen LogP contribution is -2.17. The summed E-state index contributed by atoms with van der Waals surface area (Å²) in [4.78, 5) is 4.27. The van der Waals surface area contributed by atoms with Crippen LogP contribution in [0.15, 0.2) is 28.8 Å². The number of hydrogen-bond acceptors (Lipinski definition) is 1. The molecule has 1 nitrogen and oxygen atoms in total.